The van der Waals surface area contributed by atoms with E-state index in [9.17, 15) is 9.18 Å². The Morgan fingerprint density at radius 3 is 2.41 bits per heavy atom. The standard InChI is InChI=1S/C14H17FO2/c1-14(2,3)17-13(16)12-8-11(12)9-4-6-10(15)7-5-9/h4-7,11-12H,8H2,1-3H3. The number of hydrogen-bond acceptors (Lipinski definition) is 2. The lowest BCUT2D eigenvalue weighted by Crippen LogP contribution is -2.25. The van der Waals surface area contributed by atoms with Gasteiger partial charge in [-0.05, 0) is 50.8 Å². The van der Waals surface area contributed by atoms with Crippen LogP contribution in [0.5, 0.6) is 0 Å². The molecule has 1 saturated carbocycles. The van der Waals surface area contributed by atoms with Crippen LogP contribution in [0.25, 0.3) is 0 Å². The second-order valence-electron chi connectivity index (χ2n) is 5.53. The molecule has 0 amide bonds. The Kier molecular flexibility index (Phi) is 2.94. The van der Waals surface area contributed by atoms with Crippen molar-refractivity contribution in [1.82, 2.24) is 0 Å². The summed E-state index contributed by atoms with van der Waals surface area (Å²) in [6.07, 6.45) is 0.806. The number of benzene rings is 1. The zero-order valence-corrected chi connectivity index (χ0v) is 10.4. The van der Waals surface area contributed by atoms with Crippen LogP contribution >= 0.6 is 0 Å². The lowest BCUT2D eigenvalue weighted by Gasteiger charge is -2.19. The summed E-state index contributed by atoms with van der Waals surface area (Å²) in [6.45, 7) is 5.58. The van der Waals surface area contributed by atoms with Gasteiger partial charge in [-0.3, -0.25) is 4.79 Å². The van der Waals surface area contributed by atoms with E-state index in [-0.39, 0.29) is 23.6 Å². The molecule has 0 radical (unpaired) electrons. The summed E-state index contributed by atoms with van der Waals surface area (Å²) in [7, 11) is 0. The van der Waals surface area contributed by atoms with Gasteiger partial charge in [-0.2, -0.15) is 0 Å². The molecule has 1 aliphatic carbocycles. The van der Waals surface area contributed by atoms with Crippen LogP contribution in [0.2, 0.25) is 0 Å². The van der Waals surface area contributed by atoms with Crippen molar-refractivity contribution in [2.45, 2.75) is 38.7 Å². The summed E-state index contributed by atoms with van der Waals surface area (Å²) in [6, 6.07) is 6.34. The number of carbonyl (C=O) groups is 1. The molecule has 2 atom stereocenters. The molecular formula is C14H17FO2. The highest BCUT2D eigenvalue weighted by molar-refractivity contribution is 5.77. The van der Waals surface area contributed by atoms with Gasteiger partial charge in [0.05, 0.1) is 5.92 Å². The van der Waals surface area contributed by atoms with Crippen LogP contribution in [-0.2, 0) is 9.53 Å². The molecule has 92 valence electrons. The van der Waals surface area contributed by atoms with Gasteiger partial charge >= 0.3 is 5.97 Å². The van der Waals surface area contributed by atoms with Crippen molar-refractivity contribution in [2.24, 2.45) is 5.92 Å². The molecule has 17 heavy (non-hydrogen) atoms. The number of halogens is 1. The van der Waals surface area contributed by atoms with Crippen molar-refractivity contribution in [3.63, 3.8) is 0 Å². The van der Waals surface area contributed by atoms with Gasteiger partial charge in [-0.1, -0.05) is 12.1 Å². The fourth-order valence-corrected chi connectivity index (χ4v) is 1.91. The molecule has 0 aromatic heterocycles. The van der Waals surface area contributed by atoms with E-state index in [1.807, 2.05) is 20.8 Å². The third-order valence-corrected chi connectivity index (χ3v) is 2.80. The second-order valence-corrected chi connectivity index (χ2v) is 5.53. The maximum Gasteiger partial charge on any atom is 0.310 e. The zero-order chi connectivity index (χ0) is 12.6. The topological polar surface area (TPSA) is 26.3 Å². The molecule has 3 heteroatoms. The minimum Gasteiger partial charge on any atom is -0.460 e. The molecule has 0 spiro atoms. The predicted octanol–water partition coefficient (Wildman–Crippen LogP) is 3.27. The number of carbonyl (C=O) groups excluding carboxylic acids is 1. The van der Waals surface area contributed by atoms with E-state index in [1.54, 1.807) is 12.1 Å². The molecule has 0 bridgehead atoms. The molecule has 1 fully saturated rings. The van der Waals surface area contributed by atoms with Crippen molar-refractivity contribution >= 4 is 5.97 Å². The van der Waals surface area contributed by atoms with Crippen LogP contribution in [-0.4, -0.2) is 11.6 Å². The minimum atomic E-state index is -0.437. The molecule has 2 rings (SSSR count). The zero-order valence-electron chi connectivity index (χ0n) is 10.4. The van der Waals surface area contributed by atoms with Crippen molar-refractivity contribution < 1.29 is 13.9 Å². The van der Waals surface area contributed by atoms with E-state index >= 15 is 0 Å². The first-order valence-electron chi connectivity index (χ1n) is 5.85. The van der Waals surface area contributed by atoms with Crippen LogP contribution in [0.1, 0.15) is 38.7 Å². The van der Waals surface area contributed by atoms with E-state index in [2.05, 4.69) is 0 Å². The summed E-state index contributed by atoms with van der Waals surface area (Å²) >= 11 is 0. The molecule has 1 aromatic carbocycles. The van der Waals surface area contributed by atoms with Crippen LogP contribution in [0.15, 0.2) is 24.3 Å². The summed E-state index contributed by atoms with van der Waals surface area (Å²) < 4.78 is 18.1. The highest BCUT2D eigenvalue weighted by Crippen LogP contribution is 2.48. The number of hydrogen-bond donors (Lipinski definition) is 0. The SMILES string of the molecule is CC(C)(C)OC(=O)C1CC1c1ccc(F)cc1. The Hall–Kier alpha value is -1.38. The molecule has 0 saturated heterocycles. The summed E-state index contributed by atoms with van der Waals surface area (Å²) in [5.74, 6) is -0.250. The third-order valence-electron chi connectivity index (χ3n) is 2.80. The molecule has 2 nitrogen and oxygen atoms in total. The fourth-order valence-electron chi connectivity index (χ4n) is 1.91. The van der Waals surface area contributed by atoms with E-state index in [1.165, 1.54) is 12.1 Å². The molecule has 0 heterocycles. The average molecular weight is 236 g/mol. The number of ether oxygens (including phenoxy) is 1. The first kappa shape index (κ1) is 12.1. The summed E-state index contributed by atoms with van der Waals surface area (Å²) in [5, 5.41) is 0. The molecule has 1 aliphatic rings. The van der Waals surface area contributed by atoms with Crippen LogP contribution in [0, 0.1) is 11.7 Å². The largest absolute Gasteiger partial charge is 0.460 e. The average Bonchev–Trinajstić information content (AvgIpc) is 2.96. The normalized spacial score (nSPS) is 23.3. The molecule has 1 aromatic rings. The van der Waals surface area contributed by atoms with Gasteiger partial charge in [0.2, 0.25) is 0 Å². The fraction of sp³-hybridized carbons (Fsp3) is 0.500. The first-order chi connectivity index (χ1) is 7.87. The summed E-state index contributed by atoms with van der Waals surface area (Å²) in [5.41, 5.74) is 0.578. The minimum absolute atomic E-state index is 0.0558. The van der Waals surface area contributed by atoms with Crippen LogP contribution in [0.4, 0.5) is 4.39 Å². The molecule has 0 aliphatic heterocycles. The lowest BCUT2D eigenvalue weighted by atomic mass is 10.1. The maximum absolute atomic E-state index is 12.8. The van der Waals surface area contributed by atoms with E-state index in [4.69, 9.17) is 4.74 Å². The molecule has 0 N–H and O–H groups in total. The maximum atomic E-state index is 12.8. The van der Waals surface area contributed by atoms with E-state index in [0.29, 0.717) is 0 Å². The van der Waals surface area contributed by atoms with Gasteiger partial charge in [0.1, 0.15) is 11.4 Å². The Morgan fingerprint density at radius 2 is 1.88 bits per heavy atom. The van der Waals surface area contributed by atoms with Gasteiger partial charge in [0, 0.05) is 0 Å². The molecule has 2 unspecified atom stereocenters. The highest BCUT2D eigenvalue weighted by Gasteiger charge is 2.46. The number of esters is 1. The van der Waals surface area contributed by atoms with Crippen LogP contribution < -0.4 is 0 Å². The van der Waals surface area contributed by atoms with Crippen molar-refractivity contribution in [3.05, 3.63) is 35.6 Å². The van der Waals surface area contributed by atoms with Crippen LogP contribution in [0.3, 0.4) is 0 Å². The quantitative estimate of drug-likeness (QED) is 0.737. The van der Waals surface area contributed by atoms with Crippen molar-refractivity contribution in [1.29, 1.82) is 0 Å². The smallest absolute Gasteiger partial charge is 0.310 e. The second kappa shape index (κ2) is 4.13. The van der Waals surface area contributed by atoms with E-state index in [0.717, 1.165) is 12.0 Å². The Bertz CT molecular complexity index is 417. The highest BCUT2D eigenvalue weighted by atomic mass is 19.1. The number of rotatable bonds is 2. The third kappa shape index (κ3) is 3.05. The Morgan fingerprint density at radius 1 is 1.29 bits per heavy atom. The van der Waals surface area contributed by atoms with Gasteiger partial charge in [-0.15, -0.1) is 0 Å². The molecular weight excluding hydrogens is 219 g/mol. The first-order valence-corrected chi connectivity index (χ1v) is 5.85. The van der Waals surface area contributed by atoms with Gasteiger partial charge in [-0.25, -0.2) is 4.39 Å². The van der Waals surface area contributed by atoms with Gasteiger partial charge in [0.25, 0.3) is 0 Å². The van der Waals surface area contributed by atoms with Gasteiger partial charge < -0.3 is 4.74 Å². The predicted molar refractivity (Wildman–Crippen MR) is 63.1 cm³/mol. The van der Waals surface area contributed by atoms with Gasteiger partial charge in [0.15, 0.2) is 0 Å². The monoisotopic (exact) mass is 236 g/mol. The van der Waals surface area contributed by atoms with Crippen molar-refractivity contribution in [2.75, 3.05) is 0 Å². The lowest BCUT2D eigenvalue weighted by molar-refractivity contribution is -0.156. The summed E-state index contributed by atoms with van der Waals surface area (Å²) in [4.78, 5) is 11.8. The Labute approximate surface area is 101 Å². The van der Waals surface area contributed by atoms with E-state index < -0.39 is 5.60 Å². The van der Waals surface area contributed by atoms with Crippen molar-refractivity contribution in [3.8, 4) is 0 Å². The Balaban J connectivity index is 1.96.